The summed E-state index contributed by atoms with van der Waals surface area (Å²) < 4.78 is 1.72. The molecule has 0 fully saturated rings. The molecule has 0 atom stereocenters. The SMILES string of the molecule is CC(C)n1nccc1NC(=O)CNCCCC(=O)O. The first kappa shape index (κ1) is 15.2. The average molecular weight is 268 g/mol. The van der Waals surface area contributed by atoms with E-state index < -0.39 is 5.97 Å². The highest BCUT2D eigenvalue weighted by Gasteiger charge is 2.08. The van der Waals surface area contributed by atoms with Gasteiger partial charge >= 0.3 is 5.97 Å². The van der Waals surface area contributed by atoms with Crippen LogP contribution in [0.4, 0.5) is 5.82 Å². The van der Waals surface area contributed by atoms with Gasteiger partial charge in [-0.05, 0) is 26.8 Å². The quantitative estimate of drug-likeness (QED) is 0.608. The van der Waals surface area contributed by atoms with Gasteiger partial charge in [-0.25, -0.2) is 4.68 Å². The molecule has 19 heavy (non-hydrogen) atoms. The number of hydrogen-bond acceptors (Lipinski definition) is 4. The molecule has 106 valence electrons. The highest BCUT2D eigenvalue weighted by molar-refractivity contribution is 5.91. The second-order valence-corrected chi connectivity index (χ2v) is 4.48. The van der Waals surface area contributed by atoms with Crippen molar-refractivity contribution in [2.24, 2.45) is 0 Å². The smallest absolute Gasteiger partial charge is 0.303 e. The number of carbonyl (C=O) groups is 2. The van der Waals surface area contributed by atoms with Gasteiger partial charge in [0.2, 0.25) is 5.91 Å². The molecule has 1 aromatic rings. The van der Waals surface area contributed by atoms with Crippen LogP contribution in [-0.4, -0.2) is 39.9 Å². The van der Waals surface area contributed by atoms with Gasteiger partial charge in [-0.2, -0.15) is 5.10 Å². The fourth-order valence-electron chi connectivity index (χ4n) is 1.58. The number of nitrogens with one attached hydrogen (secondary N) is 2. The van der Waals surface area contributed by atoms with Crippen LogP contribution in [0, 0.1) is 0 Å². The molecule has 1 heterocycles. The first-order chi connectivity index (χ1) is 9.00. The van der Waals surface area contributed by atoms with Crippen LogP contribution in [-0.2, 0) is 9.59 Å². The predicted molar refractivity (Wildman–Crippen MR) is 71.0 cm³/mol. The molecular weight excluding hydrogens is 248 g/mol. The minimum atomic E-state index is -0.827. The average Bonchev–Trinajstić information content (AvgIpc) is 2.76. The highest BCUT2D eigenvalue weighted by atomic mass is 16.4. The first-order valence-electron chi connectivity index (χ1n) is 6.26. The van der Waals surface area contributed by atoms with Gasteiger partial charge in [0.1, 0.15) is 5.82 Å². The molecule has 3 N–H and O–H groups in total. The summed E-state index contributed by atoms with van der Waals surface area (Å²) in [5.74, 6) is -0.336. The minimum Gasteiger partial charge on any atom is -0.481 e. The summed E-state index contributed by atoms with van der Waals surface area (Å²) in [7, 11) is 0. The molecule has 0 saturated carbocycles. The number of rotatable bonds is 8. The summed E-state index contributed by atoms with van der Waals surface area (Å²) >= 11 is 0. The van der Waals surface area contributed by atoms with Crippen LogP contribution in [0.5, 0.6) is 0 Å². The number of amides is 1. The van der Waals surface area contributed by atoms with E-state index in [9.17, 15) is 9.59 Å². The number of carboxylic acid groups (broad SMARTS) is 1. The van der Waals surface area contributed by atoms with Crippen LogP contribution in [0.3, 0.4) is 0 Å². The molecule has 0 spiro atoms. The zero-order valence-electron chi connectivity index (χ0n) is 11.2. The Morgan fingerprint density at radius 3 is 2.84 bits per heavy atom. The number of carboxylic acids is 1. The van der Waals surface area contributed by atoms with E-state index in [0.717, 1.165) is 0 Å². The summed E-state index contributed by atoms with van der Waals surface area (Å²) in [6.07, 6.45) is 2.25. The lowest BCUT2D eigenvalue weighted by Crippen LogP contribution is -2.30. The molecule has 0 bridgehead atoms. The Hall–Kier alpha value is -1.89. The second kappa shape index (κ2) is 7.52. The Labute approximate surface area is 112 Å². The number of aliphatic carboxylic acids is 1. The van der Waals surface area contributed by atoms with Crippen molar-refractivity contribution in [3.8, 4) is 0 Å². The van der Waals surface area contributed by atoms with Gasteiger partial charge < -0.3 is 15.7 Å². The predicted octanol–water partition coefficient (Wildman–Crippen LogP) is 0.857. The largest absolute Gasteiger partial charge is 0.481 e. The summed E-state index contributed by atoms with van der Waals surface area (Å²) in [4.78, 5) is 21.9. The Bertz CT molecular complexity index is 428. The van der Waals surface area contributed by atoms with Gasteiger partial charge in [0.15, 0.2) is 0 Å². The molecule has 0 unspecified atom stereocenters. The fourth-order valence-corrected chi connectivity index (χ4v) is 1.58. The molecule has 0 aliphatic rings. The third kappa shape index (κ3) is 5.52. The van der Waals surface area contributed by atoms with Crippen molar-refractivity contribution in [2.75, 3.05) is 18.4 Å². The normalized spacial score (nSPS) is 10.7. The van der Waals surface area contributed by atoms with Crippen molar-refractivity contribution in [3.63, 3.8) is 0 Å². The van der Waals surface area contributed by atoms with E-state index in [0.29, 0.717) is 18.8 Å². The second-order valence-electron chi connectivity index (χ2n) is 4.48. The van der Waals surface area contributed by atoms with Crippen molar-refractivity contribution in [3.05, 3.63) is 12.3 Å². The van der Waals surface area contributed by atoms with Gasteiger partial charge in [0.25, 0.3) is 0 Å². The summed E-state index contributed by atoms with van der Waals surface area (Å²) in [5, 5.41) is 18.2. The fraction of sp³-hybridized carbons (Fsp3) is 0.583. The van der Waals surface area contributed by atoms with Gasteiger partial charge in [0.05, 0.1) is 12.7 Å². The molecule has 7 nitrogen and oxygen atoms in total. The molecule has 0 aliphatic carbocycles. The number of anilines is 1. The third-order valence-corrected chi connectivity index (χ3v) is 2.46. The number of aromatic nitrogens is 2. The summed E-state index contributed by atoms with van der Waals surface area (Å²) in [6.45, 7) is 4.62. The van der Waals surface area contributed by atoms with E-state index >= 15 is 0 Å². The lowest BCUT2D eigenvalue weighted by atomic mass is 10.3. The van der Waals surface area contributed by atoms with Gasteiger partial charge in [-0.3, -0.25) is 9.59 Å². The molecule has 1 aromatic heterocycles. The Kier molecular flexibility index (Phi) is 6.01. The van der Waals surface area contributed by atoms with Gasteiger partial charge in [-0.15, -0.1) is 0 Å². The van der Waals surface area contributed by atoms with Gasteiger partial charge in [0, 0.05) is 18.5 Å². The lowest BCUT2D eigenvalue weighted by molar-refractivity contribution is -0.137. The molecule has 0 saturated heterocycles. The third-order valence-electron chi connectivity index (χ3n) is 2.46. The van der Waals surface area contributed by atoms with E-state index in [1.165, 1.54) is 0 Å². The Morgan fingerprint density at radius 2 is 2.21 bits per heavy atom. The topological polar surface area (TPSA) is 96.3 Å². The molecule has 1 rings (SSSR count). The van der Waals surface area contributed by atoms with Crippen LogP contribution in [0.2, 0.25) is 0 Å². The van der Waals surface area contributed by atoms with Crippen LogP contribution < -0.4 is 10.6 Å². The molecule has 7 heteroatoms. The van der Waals surface area contributed by atoms with Gasteiger partial charge in [-0.1, -0.05) is 0 Å². The van der Waals surface area contributed by atoms with Crippen molar-refractivity contribution >= 4 is 17.7 Å². The number of nitrogens with zero attached hydrogens (tertiary/aromatic N) is 2. The van der Waals surface area contributed by atoms with Crippen molar-refractivity contribution in [1.82, 2.24) is 15.1 Å². The first-order valence-corrected chi connectivity index (χ1v) is 6.26. The van der Waals surface area contributed by atoms with E-state index in [-0.39, 0.29) is 24.9 Å². The van der Waals surface area contributed by atoms with E-state index in [4.69, 9.17) is 5.11 Å². The molecule has 0 radical (unpaired) electrons. The van der Waals surface area contributed by atoms with Crippen LogP contribution in [0.1, 0.15) is 32.7 Å². The summed E-state index contributed by atoms with van der Waals surface area (Å²) in [6, 6.07) is 1.91. The molecule has 1 amide bonds. The van der Waals surface area contributed by atoms with E-state index in [1.54, 1.807) is 16.9 Å². The molecular formula is C12H20N4O3. The lowest BCUT2D eigenvalue weighted by Gasteiger charge is -2.11. The number of carbonyl (C=O) groups excluding carboxylic acids is 1. The van der Waals surface area contributed by atoms with E-state index in [2.05, 4.69) is 15.7 Å². The van der Waals surface area contributed by atoms with Crippen LogP contribution in [0.25, 0.3) is 0 Å². The highest BCUT2D eigenvalue weighted by Crippen LogP contribution is 2.12. The Balaban J connectivity index is 2.27. The maximum atomic E-state index is 11.7. The molecule has 0 aliphatic heterocycles. The van der Waals surface area contributed by atoms with Crippen molar-refractivity contribution in [2.45, 2.75) is 32.7 Å². The minimum absolute atomic E-state index is 0.106. The maximum absolute atomic E-state index is 11.7. The summed E-state index contributed by atoms with van der Waals surface area (Å²) in [5.41, 5.74) is 0. The standard InChI is InChI=1S/C12H20N4O3/c1-9(2)16-10(5-7-14-16)15-11(17)8-13-6-3-4-12(18)19/h5,7,9,13H,3-4,6,8H2,1-2H3,(H,15,17)(H,18,19). The Morgan fingerprint density at radius 1 is 1.47 bits per heavy atom. The zero-order valence-corrected chi connectivity index (χ0v) is 11.2. The maximum Gasteiger partial charge on any atom is 0.303 e. The number of hydrogen-bond donors (Lipinski definition) is 3. The molecule has 0 aromatic carbocycles. The van der Waals surface area contributed by atoms with Crippen LogP contribution in [0.15, 0.2) is 12.3 Å². The van der Waals surface area contributed by atoms with Crippen LogP contribution >= 0.6 is 0 Å². The van der Waals surface area contributed by atoms with E-state index in [1.807, 2.05) is 13.8 Å². The van der Waals surface area contributed by atoms with Crippen molar-refractivity contribution < 1.29 is 14.7 Å². The van der Waals surface area contributed by atoms with Crippen molar-refractivity contribution in [1.29, 1.82) is 0 Å². The monoisotopic (exact) mass is 268 g/mol. The zero-order chi connectivity index (χ0) is 14.3.